The smallest absolute Gasteiger partial charge is 0.0659 e. The number of rotatable bonds is 7. The number of hydrogen-bond acceptors (Lipinski definition) is 4. The van der Waals surface area contributed by atoms with E-state index in [0.717, 1.165) is 45.4 Å². The van der Waals surface area contributed by atoms with Gasteiger partial charge in [-0.2, -0.15) is 5.10 Å². The largest absolute Gasteiger partial charge is 0.379 e. The highest BCUT2D eigenvalue weighted by Crippen LogP contribution is 2.23. The zero-order valence-electron chi connectivity index (χ0n) is 16.3. The van der Waals surface area contributed by atoms with Gasteiger partial charge in [0.15, 0.2) is 0 Å². The van der Waals surface area contributed by atoms with Crippen LogP contribution < -0.4 is 0 Å². The number of morpholine rings is 1. The molecular formula is C22H32N4O. The van der Waals surface area contributed by atoms with Crippen LogP contribution in [0.2, 0.25) is 0 Å². The van der Waals surface area contributed by atoms with Gasteiger partial charge in [-0.1, -0.05) is 30.7 Å². The number of nitrogens with zero attached hydrogens (tertiary/aromatic N) is 4. The predicted molar refractivity (Wildman–Crippen MR) is 108 cm³/mol. The highest BCUT2D eigenvalue weighted by molar-refractivity contribution is 5.23. The lowest BCUT2D eigenvalue weighted by molar-refractivity contribution is 0.0302. The molecule has 0 bridgehead atoms. The normalized spacial score (nSPS) is 22.1. The van der Waals surface area contributed by atoms with E-state index in [2.05, 4.69) is 39.2 Å². The SMILES string of the molecule is c1cc(CN2CCCC[C@H]2CCN2CCOCC2)cc(Cn2cccn2)c1. The van der Waals surface area contributed by atoms with Gasteiger partial charge >= 0.3 is 0 Å². The van der Waals surface area contributed by atoms with Crippen LogP contribution in [0.3, 0.4) is 0 Å². The minimum absolute atomic E-state index is 0.719. The number of benzene rings is 1. The van der Waals surface area contributed by atoms with Crippen LogP contribution >= 0.6 is 0 Å². The third-order valence-electron chi connectivity index (χ3n) is 5.91. The standard InChI is InChI=1S/C22H32N4O/c1-2-10-25(22(7-1)8-12-24-13-15-27-16-14-24)18-20-5-3-6-21(17-20)19-26-11-4-9-23-26/h3-6,9,11,17,22H,1-2,7-8,10,12-16,18-19H2/t22-/m0/s1. The Balaban J connectivity index is 1.34. The summed E-state index contributed by atoms with van der Waals surface area (Å²) in [6.07, 6.45) is 9.21. The highest BCUT2D eigenvalue weighted by Gasteiger charge is 2.23. The van der Waals surface area contributed by atoms with Crippen molar-refractivity contribution in [2.24, 2.45) is 0 Å². The Morgan fingerprint density at radius 1 is 1.00 bits per heavy atom. The van der Waals surface area contributed by atoms with Crippen molar-refractivity contribution < 1.29 is 4.74 Å². The first-order valence-corrected chi connectivity index (χ1v) is 10.5. The lowest BCUT2D eigenvalue weighted by atomic mass is 9.98. The molecule has 27 heavy (non-hydrogen) atoms. The van der Waals surface area contributed by atoms with Gasteiger partial charge in [0.25, 0.3) is 0 Å². The molecule has 1 aromatic carbocycles. The quantitative estimate of drug-likeness (QED) is 0.752. The predicted octanol–water partition coefficient (Wildman–Crippen LogP) is 3.01. The lowest BCUT2D eigenvalue weighted by Crippen LogP contribution is -2.43. The zero-order chi connectivity index (χ0) is 18.3. The molecule has 146 valence electrons. The van der Waals surface area contributed by atoms with E-state index in [0.29, 0.717) is 0 Å². The van der Waals surface area contributed by atoms with E-state index >= 15 is 0 Å². The molecule has 0 unspecified atom stereocenters. The van der Waals surface area contributed by atoms with Crippen LogP contribution in [0.15, 0.2) is 42.7 Å². The van der Waals surface area contributed by atoms with E-state index in [9.17, 15) is 0 Å². The molecule has 0 N–H and O–H groups in total. The van der Waals surface area contributed by atoms with E-state index in [-0.39, 0.29) is 0 Å². The fourth-order valence-electron chi connectivity index (χ4n) is 4.39. The van der Waals surface area contributed by atoms with Crippen LogP contribution in [0, 0.1) is 0 Å². The first-order valence-electron chi connectivity index (χ1n) is 10.5. The molecule has 0 radical (unpaired) electrons. The number of piperidine rings is 1. The second kappa shape index (κ2) is 9.49. The third-order valence-corrected chi connectivity index (χ3v) is 5.91. The fraction of sp³-hybridized carbons (Fsp3) is 0.591. The summed E-state index contributed by atoms with van der Waals surface area (Å²) in [6.45, 7) is 8.36. The summed E-state index contributed by atoms with van der Waals surface area (Å²) in [5.41, 5.74) is 2.76. The van der Waals surface area contributed by atoms with Crippen molar-refractivity contribution in [3.05, 3.63) is 53.9 Å². The summed E-state index contributed by atoms with van der Waals surface area (Å²) in [7, 11) is 0. The van der Waals surface area contributed by atoms with Gasteiger partial charge in [-0.3, -0.25) is 14.5 Å². The molecule has 4 rings (SSSR count). The molecule has 2 aromatic rings. The molecule has 2 aliphatic rings. The molecule has 0 saturated carbocycles. The molecule has 2 aliphatic heterocycles. The summed E-state index contributed by atoms with van der Waals surface area (Å²) in [6, 6.07) is 11.7. The number of aromatic nitrogens is 2. The van der Waals surface area contributed by atoms with Crippen LogP contribution in [0.5, 0.6) is 0 Å². The Kier molecular flexibility index (Phi) is 6.56. The lowest BCUT2D eigenvalue weighted by Gasteiger charge is -2.37. The summed E-state index contributed by atoms with van der Waals surface area (Å²) < 4.78 is 7.47. The fourth-order valence-corrected chi connectivity index (χ4v) is 4.39. The monoisotopic (exact) mass is 368 g/mol. The maximum absolute atomic E-state index is 5.48. The summed E-state index contributed by atoms with van der Waals surface area (Å²) in [5, 5.41) is 4.33. The van der Waals surface area contributed by atoms with E-state index in [1.165, 1.54) is 49.9 Å². The van der Waals surface area contributed by atoms with Gasteiger partial charge in [0.1, 0.15) is 0 Å². The summed E-state index contributed by atoms with van der Waals surface area (Å²) >= 11 is 0. The van der Waals surface area contributed by atoms with Crippen molar-refractivity contribution in [1.82, 2.24) is 19.6 Å². The minimum atomic E-state index is 0.719. The van der Waals surface area contributed by atoms with Crippen molar-refractivity contribution in [1.29, 1.82) is 0 Å². The average molecular weight is 369 g/mol. The summed E-state index contributed by atoms with van der Waals surface area (Å²) in [5.74, 6) is 0. The highest BCUT2D eigenvalue weighted by atomic mass is 16.5. The third kappa shape index (κ3) is 5.41. The Morgan fingerprint density at radius 3 is 2.67 bits per heavy atom. The molecule has 3 heterocycles. The molecule has 1 atom stereocenters. The molecule has 2 fully saturated rings. The maximum Gasteiger partial charge on any atom is 0.0659 e. The van der Waals surface area contributed by atoms with Crippen molar-refractivity contribution in [3.63, 3.8) is 0 Å². The molecule has 0 spiro atoms. The van der Waals surface area contributed by atoms with Gasteiger partial charge in [0, 0.05) is 38.1 Å². The number of likely N-dealkylation sites (tertiary alicyclic amines) is 1. The number of hydrogen-bond donors (Lipinski definition) is 0. The molecule has 5 heteroatoms. The summed E-state index contributed by atoms with van der Waals surface area (Å²) in [4.78, 5) is 5.29. The second-order valence-electron chi connectivity index (χ2n) is 7.89. The van der Waals surface area contributed by atoms with Crippen LogP contribution in [0.1, 0.15) is 36.8 Å². The molecule has 2 saturated heterocycles. The van der Waals surface area contributed by atoms with E-state index in [1.54, 1.807) is 0 Å². The second-order valence-corrected chi connectivity index (χ2v) is 7.89. The molecule has 1 aromatic heterocycles. The Hall–Kier alpha value is -1.69. The van der Waals surface area contributed by atoms with E-state index in [1.807, 2.05) is 23.1 Å². The van der Waals surface area contributed by atoms with Crippen molar-refractivity contribution in [3.8, 4) is 0 Å². The molecule has 0 amide bonds. The van der Waals surface area contributed by atoms with E-state index in [4.69, 9.17) is 4.74 Å². The van der Waals surface area contributed by atoms with Gasteiger partial charge in [-0.15, -0.1) is 0 Å². The Labute approximate surface area is 162 Å². The molecule has 0 aliphatic carbocycles. The molecule has 5 nitrogen and oxygen atoms in total. The number of ether oxygens (including phenoxy) is 1. The minimum Gasteiger partial charge on any atom is -0.379 e. The van der Waals surface area contributed by atoms with Crippen molar-refractivity contribution >= 4 is 0 Å². The van der Waals surface area contributed by atoms with Gasteiger partial charge < -0.3 is 4.74 Å². The maximum atomic E-state index is 5.48. The van der Waals surface area contributed by atoms with Crippen LogP contribution in [-0.4, -0.2) is 65.0 Å². The first-order chi connectivity index (χ1) is 13.4. The van der Waals surface area contributed by atoms with E-state index < -0.39 is 0 Å². The first kappa shape index (κ1) is 18.7. The Bertz CT molecular complexity index is 681. The van der Waals surface area contributed by atoms with Gasteiger partial charge in [0.05, 0.1) is 19.8 Å². The van der Waals surface area contributed by atoms with Crippen LogP contribution in [-0.2, 0) is 17.8 Å². The van der Waals surface area contributed by atoms with Gasteiger partial charge in [0.2, 0.25) is 0 Å². The van der Waals surface area contributed by atoms with Crippen LogP contribution in [0.25, 0.3) is 0 Å². The topological polar surface area (TPSA) is 33.5 Å². The Morgan fingerprint density at radius 2 is 1.85 bits per heavy atom. The van der Waals surface area contributed by atoms with Gasteiger partial charge in [-0.05, 0) is 49.5 Å². The zero-order valence-corrected chi connectivity index (χ0v) is 16.3. The van der Waals surface area contributed by atoms with Crippen molar-refractivity contribution in [2.75, 3.05) is 39.4 Å². The van der Waals surface area contributed by atoms with Gasteiger partial charge in [-0.25, -0.2) is 0 Å². The average Bonchev–Trinajstić information content (AvgIpc) is 3.21. The molecular weight excluding hydrogens is 336 g/mol. The van der Waals surface area contributed by atoms with Crippen molar-refractivity contribution in [2.45, 2.75) is 44.8 Å². The van der Waals surface area contributed by atoms with Crippen LogP contribution in [0.4, 0.5) is 0 Å².